The molecule has 0 fully saturated rings. The molecule has 0 atom stereocenters. The van der Waals surface area contributed by atoms with Crippen LogP contribution in [-0.4, -0.2) is 37.9 Å². The normalized spacial score (nSPS) is 11.4. The first kappa shape index (κ1) is 31.5. The molecule has 1 N–H and O–H groups in total. The summed E-state index contributed by atoms with van der Waals surface area (Å²) in [6.07, 6.45) is 6.64. The number of alkyl halides is 3. The molecule has 1 heterocycles. The number of nitrogens with zero attached hydrogens (tertiary/aromatic N) is 3. The third-order valence-electron chi connectivity index (χ3n) is 6.60. The van der Waals surface area contributed by atoms with Gasteiger partial charge in [-0.25, -0.2) is 4.79 Å². The molecule has 220 valence electrons. The summed E-state index contributed by atoms with van der Waals surface area (Å²) in [6, 6.07) is 9.84. The Hall–Kier alpha value is -4.02. The maximum Gasteiger partial charge on any atom is 0.416 e. The van der Waals surface area contributed by atoms with Gasteiger partial charge >= 0.3 is 18.1 Å². The van der Waals surface area contributed by atoms with Gasteiger partial charge in [0.05, 0.1) is 12.1 Å². The molecule has 3 rings (SSSR count). The van der Waals surface area contributed by atoms with Gasteiger partial charge in [-0.05, 0) is 42.3 Å². The minimum absolute atomic E-state index is 0.0584. The number of carbonyl (C=O) groups is 3. The van der Waals surface area contributed by atoms with E-state index in [0.717, 1.165) is 37.5 Å². The van der Waals surface area contributed by atoms with Crippen molar-refractivity contribution < 1.29 is 37.2 Å². The predicted molar refractivity (Wildman–Crippen MR) is 145 cm³/mol. The number of imide groups is 1. The minimum Gasteiger partial charge on any atom is -0.474 e. The Morgan fingerprint density at radius 2 is 1.56 bits per heavy atom. The van der Waals surface area contributed by atoms with Crippen LogP contribution in [0.2, 0.25) is 0 Å². The van der Waals surface area contributed by atoms with Crippen LogP contribution in [0.15, 0.2) is 53.1 Å². The van der Waals surface area contributed by atoms with E-state index in [4.69, 9.17) is 4.52 Å². The van der Waals surface area contributed by atoms with E-state index in [1.54, 1.807) is 6.07 Å². The van der Waals surface area contributed by atoms with Crippen molar-refractivity contribution in [2.24, 2.45) is 0 Å². The molecule has 0 aliphatic heterocycles. The second kappa shape index (κ2) is 15.1. The van der Waals surface area contributed by atoms with E-state index in [9.17, 15) is 32.7 Å². The van der Waals surface area contributed by atoms with Crippen molar-refractivity contribution in [3.8, 4) is 11.5 Å². The number of carbonyl (C=O) groups excluding carboxylic acids is 2. The molecule has 3 aromatic rings. The van der Waals surface area contributed by atoms with Gasteiger partial charge in [-0.3, -0.25) is 14.5 Å². The Labute approximate surface area is 236 Å². The summed E-state index contributed by atoms with van der Waals surface area (Å²) < 4.78 is 44.7. The molecule has 0 bridgehead atoms. The van der Waals surface area contributed by atoms with Gasteiger partial charge < -0.3 is 9.63 Å². The quantitative estimate of drug-likeness (QED) is 0.162. The average molecular weight is 574 g/mol. The van der Waals surface area contributed by atoms with Gasteiger partial charge in [-0.15, -0.1) is 0 Å². The highest BCUT2D eigenvalue weighted by Crippen LogP contribution is 2.30. The largest absolute Gasteiger partial charge is 0.474 e. The molecule has 1 aromatic heterocycles. The number of rotatable bonds is 14. The van der Waals surface area contributed by atoms with Gasteiger partial charge in [0.1, 0.15) is 0 Å². The predicted octanol–water partition coefficient (Wildman–Crippen LogP) is 7.08. The Balaban J connectivity index is 1.66. The summed E-state index contributed by atoms with van der Waals surface area (Å²) in [5, 5.41) is 13.3. The molecule has 0 saturated carbocycles. The van der Waals surface area contributed by atoms with E-state index in [0.29, 0.717) is 22.7 Å². The first-order chi connectivity index (χ1) is 19.6. The fraction of sp³-hybridized carbons (Fsp3) is 0.433. The fourth-order valence-electron chi connectivity index (χ4n) is 4.39. The number of aliphatic carboxylic acids is 1. The summed E-state index contributed by atoms with van der Waals surface area (Å²) >= 11 is 0. The highest BCUT2D eigenvalue weighted by atomic mass is 19.4. The summed E-state index contributed by atoms with van der Waals surface area (Å²) in [7, 11) is 0. The molecular weight excluding hydrogens is 539 g/mol. The fourth-order valence-corrected chi connectivity index (χ4v) is 4.39. The maximum atomic E-state index is 13.2. The lowest BCUT2D eigenvalue weighted by Crippen LogP contribution is -2.40. The Morgan fingerprint density at radius 1 is 0.902 bits per heavy atom. The van der Waals surface area contributed by atoms with Crippen molar-refractivity contribution in [1.82, 2.24) is 15.0 Å². The third kappa shape index (κ3) is 9.54. The zero-order valence-corrected chi connectivity index (χ0v) is 23.0. The molecule has 8 nitrogen and oxygen atoms in total. The average Bonchev–Trinajstić information content (AvgIpc) is 3.43. The number of hydrogen-bond acceptors (Lipinski definition) is 6. The SMILES string of the molecule is CCCCCCCCCCCc1noc(-c2cccc(C(=O)N(Cc3cccc(C(F)(F)F)c3)C(=O)C(=O)O)c2)n1. The van der Waals surface area contributed by atoms with E-state index in [1.807, 2.05) is 0 Å². The Kier molecular flexibility index (Phi) is 11.6. The van der Waals surface area contributed by atoms with Crippen LogP contribution in [-0.2, 0) is 28.7 Å². The van der Waals surface area contributed by atoms with Gasteiger partial charge in [0.2, 0.25) is 0 Å². The highest BCUT2D eigenvalue weighted by molar-refractivity contribution is 6.35. The zero-order chi connectivity index (χ0) is 29.8. The molecule has 2 amide bonds. The summed E-state index contributed by atoms with van der Waals surface area (Å²) in [4.78, 5) is 41.8. The zero-order valence-electron chi connectivity index (χ0n) is 23.0. The smallest absolute Gasteiger partial charge is 0.416 e. The van der Waals surface area contributed by atoms with Crippen LogP contribution < -0.4 is 0 Å². The molecule has 0 spiro atoms. The molecule has 41 heavy (non-hydrogen) atoms. The van der Waals surface area contributed by atoms with Crippen LogP contribution in [0.3, 0.4) is 0 Å². The lowest BCUT2D eigenvalue weighted by molar-refractivity contribution is -0.154. The van der Waals surface area contributed by atoms with Crippen molar-refractivity contribution in [2.75, 3.05) is 0 Å². The van der Waals surface area contributed by atoms with Crippen LogP contribution >= 0.6 is 0 Å². The number of benzene rings is 2. The van der Waals surface area contributed by atoms with Crippen LogP contribution in [0.25, 0.3) is 11.5 Å². The number of aromatic nitrogens is 2. The van der Waals surface area contributed by atoms with Crippen LogP contribution in [0, 0.1) is 0 Å². The summed E-state index contributed by atoms with van der Waals surface area (Å²) in [6.45, 7) is 1.54. The monoisotopic (exact) mass is 573 g/mol. The van der Waals surface area contributed by atoms with E-state index in [2.05, 4.69) is 17.1 Å². The second-order valence-corrected chi connectivity index (χ2v) is 9.87. The Morgan fingerprint density at radius 3 is 2.22 bits per heavy atom. The Bertz CT molecular complexity index is 1320. The molecule has 0 radical (unpaired) electrons. The lowest BCUT2D eigenvalue weighted by atomic mass is 10.1. The second-order valence-electron chi connectivity index (χ2n) is 9.87. The summed E-state index contributed by atoms with van der Waals surface area (Å²) in [5.41, 5.74) is -0.732. The van der Waals surface area contributed by atoms with E-state index < -0.39 is 36.1 Å². The molecule has 0 saturated heterocycles. The number of carboxylic acid groups (broad SMARTS) is 1. The van der Waals surface area contributed by atoms with Gasteiger partial charge in [0, 0.05) is 17.5 Å². The van der Waals surface area contributed by atoms with Gasteiger partial charge in [0.25, 0.3) is 11.8 Å². The van der Waals surface area contributed by atoms with Crippen molar-refractivity contribution in [3.63, 3.8) is 0 Å². The van der Waals surface area contributed by atoms with Gasteiger partial charge in [-0.2, -0.15) is 18.2 Å². The van der Waals surface area contributed by atoms with Crippen LogP contribution in [0.1, 0.15) is 92.0 Å². The van der Waals surface area contributed by atoms with Gasteiger partial charge in [-0.1, -0.05) is 81.6 Å². The molecule has 0 aliphatic carbocycles. The van der Waals surface area contributed by atoms with Crippen molar-refractivity contribution in [2.45, 2.75) is 83.9 Å². The molecule has 2 aromatic carbocycles. The number of hydrogen-bond donors (Lipinski definition) is 1. The van der Waals surface area contributed by atoms with E-state index in [-0.39, 0.29) is 17.0 Å². The van der Waals surface area contributed by atoms with E-state index >= 15 is 0 Å². The van der Waals surface area contributed by atoms with Crippen molar-refractivity contribution >= 4 is 17.8 Å². The molecule has 0 aliphatic rings. The van der Waals surface area contributed by atoms with Crippen LogP contribution in [0.5, 0.6) is 0 Å². The number of aryl methyl sites for hydroxylation is 1. The topological polar surface area (TPSA) is 114 Å². The van der Waals surface area contributed by atoms with E-state index in [1.165, 1.54) is 62.8 Å². The third-order valence-corrected chi connectivity index (χ3v) is 6.60. The maximum absolute atomic E-state index is 13.2. The van der Waals surface area contributed by atoms with Crippen LogP contribution in [0.4, 0.5) is 13.2 Å². The van der Waals surface area contributed by atoms with Crippen molar-refractivity contribution in [3.05, 3.63) is 71.0 Å². The number of unbranched alkanes of at least 4 members (excludes halogenated alkanes) is 8. The first-order valence-electron chi connectivity index (χ1n) is 13.8. The highest BCUT2D eigenvalue weighted by Gasteiger charge is 2.32. The lowest BCUT2D eigenvalue weighted by Gasteiger charge is -2.20. The minimum atomic E-state index is -4.65. The number of halogens is 3. The number of carboxylic acids is 1. The summed E-state index contributed by atoms with van der Waals surface area (Å²) in [5.74, 6) is -3.81. The molecular formula is C30H34F3N3O5. The first-order valence-corrected chi connectivity index (χ1v) is 13.8. The molecule has 11 heteroatoms. The van der Waals surface area contributed by atoms with Gasteiger partial charge in [0.15, 0.2) is 5.82 Å². The molecule has 0 unspecified atom stereocenters. The van der Waals surface area contributed by atoms with Crippen molar-refractivity contribution in [1.29, 1.82) is 0 Å². The standard InChI is InChI=1S/C30H34F3N3O5/c1-2-3-4-5-6-7-8-9-10-17-25-34-26(41-35-25)22-14-12-15-23(19-22)27(37)36(28(38)29(39)40)20-21-13-11-16-24(18-21)30(31,32)33/h11-16,18-19H,2-10,17,20H2,1H3,(H,39,40). The number of amides is 2.